The molecule has 0 aliphatic carbocycles. The fourth-order valence-electron chi connectivity index (χ4n) is 4.76. The number of ether oxygens (including phenoxy) is 2. The van der Waals surface area contributed by atoms with Crippen molar-refractivity contribution in [1.29, 1.82) is 0 Å². The van der Waals surface area contributed by atoms with Gasteiger partial charge in [0.2, 0.25) is 0 Å². The number of hydrogen-bond donors (Lipinski definition) is 0. The van der Waals surface area contributed by atoms with Crippen molar-refractivity contribution >= 4 is 11.8 Å². The van der Waals surface area contributed by atoms with E-state index >= 15 is 0 Å². The molecule has 1 aromatic carbocycles. The molecular formula is C24H36N2O4. The maximum absolute atomic E-state index is 13.3. The van der Waals surface area contributed by atoms with E-state index in [1.807, 2.05) is 28.0 Å². The fourth-order valence-corrected chi connectivity index (χ4v) is 4.76. The molecule has 0 spiro atoms. The van der Waals surface area contributed by atoms with Crippen LogP contribution in [0.3, 0.4) is 0 Å². The molecule has 2 amide bonds. The standard InChI is InChI=1S/C24H36N2O4/c1-29-16-12-21-10-3-5-14-25(21)23(27)19-8-7-9-20(18-19)24(28)26-15-6-4-11-22(26)13-17-30-2/h7-9,18,21-22H,3-6,10-17H2,1-2H3. The Bertz CT molecular complexity index is 653. The SMILES string of the molecule is COCCC1CCCCN1C(=O)c1cccc(C(=O)N2CCCCC2CCOC)c1. The van der Waals surface area contributed by atoms with Gasteiger partial charge < -0.3 is 19.3 Å². The molecule has 1 aromatic rings. The lowest BCUT2D eigenvalue weighted by atomic mass is 9.97. The van der Waals surface area contributed by atoms with Crippen molar-refractivity contribution < 1.29 is 19.1 Å². The maximum Gasteiger partial charge on any atom is 0.254 e. The summed E-state index contributed by atoms with van der Waals surface area (Å²) >= 11 is 0. The minimum Gasteiger partial charge on any atom is -0.385 e. The van der Waals surface area contributed by atoms with Crippen molar-refractivity contribution in [2.45, 2.75) is 63.5 Å². The highest BCUT2D eigenvalue weighted by Crippen LogP contribution is 2.25. The quantitative estimate of drug-likeness (QED) is 0.648. The Morgan fingerprint density at radius 3 is 1.73 bits per heavy atom. The van der Waals surface area contributed by atoms with Crippen LogP contribution >= 0.6 is 0 Å². The van der Waals surface area contributed by atoms with Crippen LogP contribution in [0.5, 0.6) is 0 Å². The number of hydrogen-bond acceptors (Lipinski definition) is 4. The Morgan fingerprint density at radius 1 is 0.833 bits per heavy atom. The molecule has 2 saturated heterocycles. The number of carbonyl (C=O) groups is 2. The van der Waals surface area contributed by atoms with Crippen molar-refractivity contribution in [2.75, 3.05) is 40.5 Å². The number of methoxy groups -OCH3 is 2. The Kier molecular flexibility index (Phi) is 8.70. The minimum absolute atomic E-state index is 0.0278. The Balaban J connectivity index is 1.74. The number of benzene rings is 1. The van der Waals surface area contributed by atoms with Crippen molar-refractivity contribution in [2.24, 2.45) is 0 Å². The average Bonchev–Trinajstić information content (AvgIpc) is 2.81. The van der Waals surface area contributed by atoms with Gasteiger partial charge in [-0.3, -0.25) is 9.59 Å². The van der Waals surface area contributed by atoms with E-state index in [2.05, 4.69) is 0 Å². The van der Waals surface area contributed by atoms with Crippen molar-refractivity contribution in [1.82, 2.24) is 9.80 Å². The molecule has 2 unspecified atom stereocenters. The van der Waals surface area contributed by atoms with Crippen LogP contribution in [0, 0.1) is 0 Å². The van der Waals surface area contributed by atoms with Gasteiger partial charge in [0, 0.05) is 63.7 Å². The molecule has 0 N–H and O–H groups in total. The third kappa shape index (κ3) is 5.61. The van der Waals surface area contributed by atoms with E-state index in [4.69, 9.17) is 9.47 Å². The van der Waals surface area contributed by atoms with Crippen LogP contribution in [0.4, 0.5) is 0 Å². The van der Waals surface area contributed by atoms with E-state index in [1.165, 1.54) is 0 Å². The molecule has 0 bridgehead atoms. The van der Waals surface area contributed by atoms with E-state index < -0.39 is 0 Å². The van der Waals surface area contributed by atoms with E-state index in [0.29, 0.717) is 24.3 Å². The Morgan fingerprint density at radius 2 is 1.30 bits per heavy atom. The van der Waals surface area contributed by atoms with Gasteiger partial charge in [-0.25, -0.2) is 0 Å². The molecule has 2 atom stereocenters. The first-order valence-corrected chi connectivity index (χ1v) is 11.4. The van der Waals surface area contributed by atoms with Crippen LogP contribution in [0.1, 0.15) is 72.1 Å². The highest BCUT2D eigenvalue weighted by atomic mass is 16.5. The van der Waals surface area contributed by atoms with Gasteiger partial charge in [-0.05, 0) is 69.6 Å². The van der Waals surface area contributed by atoms with Crippen LogP contribution in [0.2, 0.25) is 0 Å². The topological polar surface area (TPSA) is 59.1 Å². The van der Waals surface area contributed by atoms with E-state index in [0.717, 1.165) is 64.5 Å². The van der Waals surface area contributed by atoms with Gasteiger partial charge in [0.25, 0.3) is 11.8 Å². The normalized spacial score (nSPS) is 22.2. The average molecular weight is 417 g/mol. The number of amides is 2. The highest BCUT2D eigenvalue weighted by molar-refractivity contribution is 6.00. The van der Waals surface area contributed by atoms with Gasteiger partial charge >= 0.3 is 0 Å². The zero-order valence-electron chi connectivity index (χ0n) is 18.5. The second-order valence-electron chi connectivity index (χ2n) is 8.44. The van der Waals surface area contributed by atoms with E-state index in [1.54, 1.807) is 20.3 Å². The van der Waals surface area contributed by atoms with Gasteiger partial charge in [-0.15, -0.1) is 0 Å². The van der Waals surface area contributed by atoms with Crippen LogP contribution in [0.15, 0.2) is 24.3 Å². The number of carbonyl (C=O) groups excluding carboxylic acids is 2. The predicted octanol–water partition coefficient (Wildman–Crippen LogP) is 3.75. The molecule has 6 nitrogen and oxygen atoms in total. The summed E-state index contributed by atoms with van der Waals surface area (Å²) in [6, 6.07) is 7.72. The molecule has 2 fully saturated rings. The van der Waals surface area contributed by atoms with Crippen molar-refractivity contribution in [3.8, 4) is 0 Å². The number of likely N-dealkylation sites (tertiary alicyclic amines) is 2. The summed E-state index contributed by atoms with van der Waals surface area (Å²) < 4.78 is 10.5. The third-order valence-corrected chi connectivity index (χ3v) is 6.44. The molecular weight excluding hydrogens is 380 g/mol. The third-order valence-electron chi connectivity index (χ3n) is 6.44. The Labute approximate surface area is 180 Å². The van der Waals surface area contributed by atoms with E-state index in [9.17, 15) is 9.59 Å². The monoisotopic (exact) mass is 416 g/mol. The second-order valence-corrected chi connectivity index (χ2v) is 8.44. The molecule has 2 heterocycles. The first-order chi connectivity index (χ1) is 14.7. The molecule has 2 aliphatic heterocycles. The molecule has 0 radical (unpaired) electrons. The summed E-state index contributed by atoms with van der Waals surface area (Å²) in [7, 11) is 3.40. The lowest BCUT2D eigenvalue weighted by Crippen LogP contribution is -2.45. The zero-order chi connectivity index (χ0) is 21.3. The number of nitrogens with zero attached hydrogens (tertiary/aromatic N) is 2. The summed E-state index contributed by atoms with van der Waals surface area (Å²) in [6.45, 7) is 2.86. The molecule has 166 valence electrons. The Hall–Kier alpha value is -1.92. The number of rotatable bonds is 8. The van der Waals surface area contributed by atoms with Crippen LogP contribution in [-0.4, -0.2) is 74.2 Å². The fraction of sp³-hybridized carbons (Fsp3) is 0.667. The van der Waals surface area contributed by atoms with Gasteiger partial charge in [-0.2, -0.15) is 0 Å². The lowest BCUT2D eigenvalue weighted by molar-refractivity contribution is 0.0552. The van der Waals surface area contributed by atoms with E-state index in [-0.39, 0.29) is 23.9 Å². The second kappa shape index (κ2) is 11.5. The summed E-state index contributed by atoms with van der Waals surface area (Å²) in [5, 5.41) is 0. The summed E-state index contributed by atoms with van der Waals surface area (Å²) in [6.07, 6.45) is 8.10. The van der Waals surface area contributed by atoms with Crippen LogP contribution < -0.4 is 0 Å². The largest absolute Gasteiger partial charge is 0.385 e. The first-order valence-electron chi connectivity index (χ1n) is 11.4. The van der Waals surface area contributed by atoms with Gasteiger partial charge in [0.15, 0.2) is 0 Å². The maximum atomic E-state index is 13.3. The summed E-state index contributed by atoms with van der Waals surface area (Å²) in [5.41, 5.74) is 1.21. The van der Waals surface area contributed by atoms with Gasteiger partial charge in [-0.1, -0.05) is 6.07 Å². The minimum atomic E-state index is 0.0278. The zero-order valence-corrected chi connectivity index (χ0v) is 18.5. The van der Waals surface area contributed by atoms with Crippen LogP contribution in [-0.2, 0) is 9.47 Å². The predicted molar refractivity (Wildman–Crippen MR) is 117 cm³/mol. The molecule has 0 saturated carbocycles. The molecule has 3 rings (SSSR count). The highest BCUT2D eigenvalue weighted by Gasteiger charge is 2.30. The summed E-state index contributed by atoms with van der Waals surface area (Å²) in [4.78, 5) is 30.5. The molecule has 0 aromatic heterocycles. The molecule has 30 heavy (non-hydrogen) atoms. The summed E-state index contributed by atoms with van der Waals surface area (Å²) in [5.74, 6) is 0.0556. The van der Waals surface area contributed by atoms with Gasteiger partial charge in [0.1, 0.15) is 0 Å². The van der Waals surface area contributed by atoms with Crippen molar-refractivity contribution in [3.63, 3.8) is 0 Å². The van der Waals surface area contributed by atoms with Gasteiger partial charge in [0.05, 0.1) is 0 Å². The number of piperidine rings is 2. The molecule has 6 heteroatoms. The molecule has 2 aliphatic rings. The lowest BCUT2D eigenvalue weighted by Gasteiger charge is -2.36. The van der Waals surface area contributed by atoms with Crippen molar-refractivity contribution in [3.05, 3.63) is 35.4 Å². The first kappa shape index (κ1) is 22.8. The smallest absolute Gasteiger partial charge is 0.254 e. The van der Waals surface area contributed by atoms with Crippen LogP contribution in [0.25, 0.3) is 0 Å².